The van der Waals surface area contributed by atoms with Gasteiger partial charge in [0, 0.05) is 30.1 Å². The van der Waals surface area contributed by atoms with Gasteiger partial charge in [0.05, 0.1) is 6.54 Å². The van der Waals surface area contributed by atoms with Crippen LogP contribution in [0.5, 0.6) is 0 Å². The predicted molar refractivity (Wildman–Crippen MR) is 82.4 cm³/mol. The number of hydrogen-bond acceptors (Lipinski definition) is 3. The van der Waals surface area contributed by atoms with E-state index in [2.05, 4.69) is 10.3 Å². The molecule has 21 heavy (non-hydrogen) atoms. The van der Waals surface area contributed by atoms with E-state index in [0.717, 1.165) is 5.56 Å². The number of carbonyl (C=O) groups is 1. The second-order valence-corrected chi connectivity index (χ2v) is 5.30. The smallest absolute Gasteiger partial charge is 0.251 e. The van der Waals surface area contributed by atoms with Crippen LogP contribution >= 0.6 is 11.6 Å². The molecule has 1 heterocycles. The molecule has 0 bridgehead atoms. The maximum Gasteiger partial charge on any atom is 0.251 e. The van der Waals surface area contributed by atoms with Crippen LogP contribution in [-0.4, -0.2) is 24.5 Å². The number of methoxy groups -OCH3 is 1. The molecule has 0 aliphatic rings. The van der Waals surface area contributed by atoms with Gasteiger partial charge in [-0.15, -0.1) is 0 Å². The Bertz CT molecular complexity index is 619. The number of rotatable bonds is 5. The molecule has 1 aromatic heterocycles. The number of pyridine rings is 1. The lowest BCUT2D eigenvalue weighted by Gasteiger charge is -2.29. The van der Waals surface area contributed by atoms with E-state index in [9.17, 15) is 4.79 Å². The van der Waals surface area contributed by atoms with Crippen LogP contribution < -0.4 is 5.32 Å². The largest absolute Gasteiger partial charge is 0.372 e. The van der Waals surface area contributed by atoms with Gasteiger partial charge in [-0.3, -0.25) is 9.78 Å². The third-order valence-electron chi connectivity index (χ3n) is 3.41. The highest BCUT2D eigenvalue weighted by molar-refractivity contribution is 6.30. The maximum absolute atomic E-state index is 12.1. The molecule has 0 aliphatic heterocycles. The molecule has 2 rings (SSSR count). The SMILES string of the molecule is COC(C)(CNC(=O)c1ccncc1)c1cccc(Cl)c1. The van der Waals surface area contributed by atoms with Crippen molar-refractivity contribution in [1.29, 1.82) is 0 Å². The second kappa shape index (κ2) is 6.70. The number of nitrogens with one attached hydrogen (secondary N) is 1. The first-order valence-corrected chi connectivity index (χ1v) is 6.92. The highest BCUT2D eigenvalue weighted by Crippen LogP contribution is 2.26. The van der Waals surface area contributed by atoms with Gasteiger partial charge in [0.25, 0.3) is 5.91 Å². The van der Waals surface area contributed by atoms with Gasteiger partial charge in [-0.2, -0.15) is 0 Å². The molecule has 0 saturated carbocycles. The Kier molecular flexibility index (Phi) is 4.94. The van der Waals surface area contributed by atoms with Crippen molar-refractivity contribution in [2.24, 2.45) is 0 Å². The van der Waals surface area contributed by atoms with Gasteiger partial charge in [0.1, 0.15) is 5.60 Å². The van der Waals surface area contributed by atoms with E-state index in [4.69, 9.17) is 16.3 Å². The van der Waals surface area contributed by atoms with Crippen LogP contribution in [0.25, 0.3) is 0 Å². The number of carbonyl (C=O) groups excluding carboxylic acids is 1. The standard InChI is InChI=1S/C16H17ClN2O2/c1-16(21-2,13-4-3-5-14(17)10-13)11-19-15(20)12-6-8-18-9-7-12/h3-10H,11H2,1-2H3,(H,19,20). The first kappa shape index (κ1) is 15.5. The molecule has 1 atom stereocenters. The highest BCUT2D eigenvalue weighted by atomic mass is 35.5. The summed E-state index contributed by atoms with van der Waals surface area (Å²) in [6.45, 7) is 2.25. The Hall–Kier alpha value is -1.91. The van der Waals surface area contributed by atoms with Crippen LogP contribution in [0.3, 0.4) is 0 Å². The minimum Gasteiger partial charge on any atom is -0.372 e. The summed E-state index contributed by atoms with van der Waals surface area (Å²) in [5, 5.41) is 3.51. The molecule has 0 aliphatic carbocycles. The molecule has 5 heteroatoms. The molecule has 110 valence electrons. The Morgan fingerprint density at radius 3 is 2.67 bits per heavy atom. The molecule has 4 nitrogen and oxygen atoms in total. The number of ether oxygens (including phenoxy) is 1. The Morgan fingerprint density at radius 2 is 2.05 bits per heavy atom. The van der Waals surface area contributed by atoms with Crippen molar-refractivity contribution in [3.8, 4) is 0 Å². The molecular formula is C16H17ClN2O2. The molecular weight excluding hydrogens is 288 g/mol. The van der Waals surface area contributed by atoms with E-state index in [-0.39, 0.29) is 5.91 Å². The van der Waals surface area contributed by atoms with Gasteiger partial charge in [0.2, 0.25) is 0 Å². The number of nitrogens with zero attached hydrogens (tertiary/aromatic N) is 1. The van der Waals surface area contributed by atoms with E-state index in [0.29, 0.717) is 17.1 Å². The first-order valence-electron chi connectivity index (χ1n) is 6.54. The van der Waals surface area contributed by atoms with Crippen LogP contribution in [0.4, 0.5) is 0 Å². The third kappa shape index (κ3) is 3.80. The summed E-state index contributed by atoms with van der Waals surface area (Å²) in [5.74, 6) is -0.164. The van der Waals surface area contributed by atoms with Gasteiger partial charge >= 0.3 is 0 Å². The van der Waals surface area contributed by atoms with Crippen LogP contribution in [0, 0.1) is 0 Å². The lowest BCUT2D eigenvalue weighted by atomic mass is 9.95. The number of benzene rings is 1. The zero-order valence-corrected chi connectivity index (χ0v) is 12.7. The fourth-order valence-electron chi connectivity index (χ4n) is 1.96. The molecule has 0 spiro atoms. The van der Waals surface area contributed by atoms with Crippen LogP contribution in [0.15, 0.2) is 48.8 Å². The van der Waals surface area contributed by atoms with E-state index in [1.807, 2.05) is 25.1 Å². The van der Waals surface area contributed by atoms with E-state index in [1.54, 1.807) is 37.7 Å². The lowest BCUT2D eigenvalue weighted by Crippen LogP contribution is -2.40. The number of halogens is 1. The Morgan fingerprint density at radius 1 is 1.33 bits per heavy atom. The van der Waals surface area contributed by atoms with Crippen molar-refractivity contribution in [3.05, 3.63) is 64.9 Å². The van der Waals surface area contributed by atoms with Crippen molar-refractivity contribution >= 4 is 17.5 Å². The number of aromatic nitrogens is 1. The topological polar surface area (TPSA) is 51.2 Å². The summed E-state index contributed by atoms with van der Waals surface area (Å²) in [6.07, 6.45) is 3.17. The molecule has 1 unspecified atom stereocenters. The molecule has 1 aromatic carbocycles. The van der Waals surface area contributed by atoms with Crippen LogP contribution in [0.1, 0.15) is 22.8 Å². The van der Waals surface area contributed by atoms with Gasteiger partial charge in [-0.1, -0.05) is 23.7 Å². The molecule has 0 radical (unpaired) electrons. The van der Waals surface area contributed by atoms with Gasteiger partial charge in [-0.25, -0.2) is 0 Å². The number of hydrogen-bond donors (Lipinski definition) is 1. The number of amides is 1. The van der Waals surface area contributed by atoms with Gasteiger partial charge in [0.15, 0.2) is 0 Å². The normalized spacial score (nSPS) is 13.5. The molecule has 1 amide bonds. The van der Waals surface area contributed by atoms with E-state index < -0.39 is 5.60 Å². The van der Waals surface area contributed by atoms with Crippen molar-refractivity contribution in [2.45, 2.75) is 12.5 Å². The second-order valence-electron chi connectivity index (χ2n) is 4.86. The van der Waals surface area contributed by atoms with E-state index in [1.165, 1.54) is 0 Å². The Balaban J connectivity index is 2.10. The summed E-state index contributed by atoms with van der Waals surface area (Å²) in [4.78, 5) is 16.0. The van der Waals surface area contributed by atoms with Crippen molar-refractivity contribution in [3.63, 3.8) is 0 Å². The minimum absolute atomic E-state index is 0.164. The van der Waals surface area contributed by atoms with Crippen molar-refractivity contribution in [1.82, 2.24) is 10.3 Å². The molecule has 2 aromatic rings. The fraction of sp³-hybridized carbons (Fsp3) is 0.250. The molecule has 0 fully saturated rings. The maximum atomic E-state index is 12.1. The minimum atomic E-state index is -0.645. The molecule has 0 saturated heterocycles. The zero-order valence-electron chi connectivity index (χ0n) is 12.0. The van der Waals surface area contributed by atoms with Crippen LogP contribution in [-0.2, 0) is 10.3 Å². The monoisotopic (exact) mass is 304 g/mol. The summed E-state index contributed by atoms with van der Waals surface area (Å²) in [6, 6.07) is 10.8. The zero-order chi connectivity index (χ0) is 15.3. The quantitative estimate of drug-likeness (QED) is 0.924. The van der Waals surface area contributed by atoms with Crippen molar-refractivity contribution in [2.75, 3.05) is 13.7 Å². The average molecular weight is 305 g/mol. The average Bonchev–Trinajstić information content (AvgIpc) is 2.53. The summed E-state index contributed by atoms with van der Waals surface area (Å²) in [5.41, 5.74) is 0.829. The first-order chi connectivity index (χ1) is 10.0. The van der Waals surface area contributed by atoms with E-state index >= 15 is 0 Å². The third-order valence-corrected chi connectivity index (χ3v) is 3.65. The molecule has 1 N–H and O–H groups in total. The summed E-state index contributed by atoms with van der Waals surface area (Å²) >= 11 is 6.02. The summed E-state index contributed by atoms with van der Waals surface area (Å²) < 4.78 is 5.58. The highest BCUT2D eigenvalue weighted by Gasteiger charge is 2.27. The van der Waals surface area contributed by atoms with Crippen molar-refractivity contribution < 1.29 is 9.53 Å². The summed E-state index contributed by atoms with van der Waals surface area (Å²) in [7, 11) is 1.61. The Labute approximate surface area is 129 Å². The lowest BCUT2D eigenvalue weighted by molar-refractivity contribution is 0.00315. The predicted octanol–water partition coefficient (Wildman–Crippen LogP) is 3.03. The van der Waals surface area contributed by atoms with Gasteiger partial charge in [-0.05, 0) is 36.8 Å². The van der Waals surface area contributed by atoms with Gasteiger partial charge < -0.3 is 10.1 Å². The fourth-order valence-corrected chi connectivity index (χ4v) is 2.15. The van der Waals surface area contributed by atoms with Crippen LogP contribution in [0.2, 0.25) is 5.02 Å².